The van der Waals surface area contributed by atoms with Gasteiger partial charge in [-0.15, -0.1) is 0 Å². The van der Waals surface area contributed by atoms with E-state index < -0.39 is 0 Å². The average molecular weight is 240 g/mol. The molecule has 2 N–H and O–H groups in total. The number of halogens is 1. The van der Waals surface area contributed by atoms with Crippen molar-refractivity contribution in [1.29, 1.82) is 0 Å². The number of nitrogens with two attached hydrogens (primary N) is 1. The van der Waals surface area contributed by atoms with E-state index in [1.807, 2.05) is 11.6 Å². The molecule has 1 aromatic heterocycles. The lowest BCUT2D eigenvalue weighted by Gasteiger charge is -2.05. The van der Waals surface area contributed by atoms with E-state index >= 15 is 0 Å². The highest BCUT2D eigenvalue weighted by molar-refractivity contribution is 6.31. The van der Waals surface area contributed by atoms with Crippen LogP contribution in [0.4, 0.5) is 0 Å². The van der Waals surface area contributed by atoms with Crippen LogP contribution in [0, 0.1) is 6.92 Å². The number of hydrogen-bond acceptors (Lipinski definition) is 2. The molecule has 16 heavy (non-hydrogen) atoms. The molecule has 1 atom stereocenters. The predicted octanol–water partition coefficient (Wildman–Crippen LogP) is 2.45. The second-order valence-electron chi connectivity index (χ2n) is 4.37. The van der Waals surface area contributed by atoms with Crippen LogP contribution in [0.25, 0.3) is 0 Å². The molecule has 1 unspecified atom stereocenters. The highest BCUT2D eigenvalue weighted by atomic mass is 35.5. The third-order valence-corrected chi connectivity index (χ3v) is 3.59. The fraction of sp³-hybridized carbons (Fsp3) is 0.583. The Hall–Kier alpha value is -0.800. The Labute approximate surface area is 101 Å². The summed E-state index contributed by atoms with van der Waals surface area (Å²) in [6, 6.07) is 0.230. The summed E-state index contributed by atoms with van der Waals surface area (Å²) in [5.74, 6) is 0. The second-order valence-corrected chi connectivity index (χ2v) is 4.74. The molecule has 1 aliphatic rings. The quantitative estimate of drug-likeness (QED) is 0.824. The number of nitrogens with zero attached hydrogens (tertiary/aromatic N) is 2. The van der Waals surface area contributed by atoms with Crippen LogP contribution < -0.4 is 5.73 Å². The summed E-state index contributed by atoms with van der Waals surface area (Å²) in [5.41, 5.74) is 9.30. The molecule has 2 rings (SSSR count). The van der Waals surface area contributed by atoms with Crippen LogP contribution in [0.2, 0.25) is 5.02 Å². The van der Waals surface area contributed by atoms with Crippen molar-refractivity contribution >= 4 is 11.6 Å². The van der Waals surface area contributed by atoms with Gasteiger partial charge in [0, 0.05) is 19.0 Å². The van der Waals surface area contributed by atoms with Gasteiger partial charge in [-0.3, -0.25) is 4.68 Å². The molecule has 88 valence electrons. The summed E-state index contributed by atoms with van der Waals surface area (Å²) >= 11 is 6.27. The normalized spacial score (nSPS) is 20.2. The van der Waals surface area contributed by atoms with Crippen LogP contribution in [-0.4, -0.2) is 15.8 Å². The van der Waals surface area contributed by atoms with Gasteiger partial charge in [0.25, 0.3) is 0 Å². The molecular weight excluding hydrogens is 222 g/mol. The minimum atomic E-state index is 0.230. The number of hydrogen-bond donors (Lipinski definition) is 1. The van der Waals surface area contributed by atoms with Crippen molar-refractivity contribution in [1.82, 2.24) is 9.78 Å². The maximum atomic E-state index is 6.27. The van der Waals surface area contributed by atoms with Crippen LogP contribution in [0.3, 0.4) is 0 Å². The van der Waals surface area contributed by atoms with Gasteiger partial charge in [0.15, 0.2) is 0 Å². The third kappa shape index (κ3) is 2.15. The first-order valence-electron chi connectivity index (χ1n) is 5.78. The van der Waals surface area contributed by atoms with Crippen molar-refractivity contribution in [3.63, 3.8) is 0 Å². The van der Waals surface area contributed by atoms with E-state index in [1.54, 1.807) is 0 Å². The molecule has 0 saturated heterocycles. The summed E-state index contributed by atoms with van der Waals surface area (Å²) in [7, 11) is 0. The molecule has 1 aromatic rings. The van der Waals surface area contributed by atoms with Gasteiger partial charge in [0.05, 0.1) is 16.4 Å². The maximum absolute atomic E-state index is 6.27. The van der Waals surface area contributed by atoms with Gasteiger partial charge >= 0.3 is 0 Å². The highest BCUT2D eigenvalue weighted by Crippen LogP contribution is 2.27. The zero-order valence-corrected chi connectivity index (χ0v) is 10.6. The van der Waals surface area contributed by atoms with E-state index in [0.29, 0.717) is 0 Å². The summed E-state index contributed by atoms with van der Waals surface area (Å²) in [6.45, 7) is 4.90. The summed E-state index contributed by atoms with van der Waals surface area (Å²) < 4.78 is 1.99. The summed E-state index contributed by atoms with van der Waals surface area (Å²) in [5, 5.41) is 5.22. The van der Waals surface area contributed by atoms with Gasteiger partial charge in [-0.2, -0.15) is 5.10 Å². The van der Waals surface area contributed by atoms with Crippen LogP contribution in [0.1, 0.15) is 31.2 Å². The molecule has 0 aromatic carbocycles. The Morgan fingerprint density at radius 2 is 2.38 bits per heavy atom. The molecule has 0 saturated carbocycles. The molecule has 0 spiro atoms. The Morgan fingerprint density at radius 3 is 2.94 bits per heavy atom. The fourth-order valence-corrected chi connectivity index (χ4v) is 2.42. The van der Waals surface area contributed by atoms with Crippen molar-refractivity contribution in [2.24, 2.45) is 5.73 Å². The molecule has 1 heterocycles. The molecule has 0 fully saturated rings. The average Bonchev–Trinajstić information content (AvgIpc) is 2.77. The number of allylic oxidation sites excluding steroid dienone is 1. The number of rotatable bonds is 3. The van der Waals surface area contributed by atoms with Crippen molar-refractivity contribution in [2.45, 2.75) is 45.7 Å². The molecule has 1 aliphatic carbocycles. The first-order chi connectivity index (χ1) is 7.61. The van der Waals surface area contributed by atoms with Crippen LogP contribution in [-0.2, 0) is 13.0 Å². The first-order valence-corrected chi connectivity index (χ1v) is 6.16. The first kappa shape index (κ1) is 11.7. The molecular formula is C12H18ClN3. The molecule has 0 aliphatic heterocycles. The third-order valence-electron chi connectivity index (χ3n) is 3.10. The van der Waals surface area contributed by atoms with Crippen LogP contribution >= 0.6 is 11.6 Å². The molecule has 0 radical (unpaired) electrons. The molecule has 0 bridgehead atoms. The van der Waals surface area contributed by atoms with E-state index in [9.17, 15) is 0 Å². The monoisotopic (exact) mass is 239 g/mol. The van der Waals surface area contributed by atoms with Gasteiger partial charge in [-0.25, -0.2) is 0 Å². The van der Waals surface area contributed by atoms with E-state index in [4.69, 9.17) is 17.3 Å². The van der Waals surface area contributed by atoms with Crippen molar-refractivity contribution in [3.8, 4) is 0 Å². The Kier molecular flexibility index (Phi) is 3.36. The minimum Gasteiger partial charge on any atom is -0.324 e. The number of aromatic nitrogens is 2. The van der Waals surface area contributed by atoms with E-state index in [1.165, 1.54) is 5.57 Å². The molecule has 0 amide bonds. The maximum Gasteiger partial charge on any atom is 0.0850 e. The largest absolute Gasteiger partial charge is 0.324 e. The van der Waals surface area contributed by atoms with Crippen LogP contribution in [0.15, 0.2) is 11.6 Å². The van der Waals surface area contributed by atoms with Gasteiger partial charge in [-0.1, -0.05) is 23.3 Å². The smallest absolute Gasteiger partial charge is 0.0850 e. The van der Waals surface area contributed by atoms with Gasteiger partial charge in [0.2, 0.25) is 0 Å². The molecule has 3 nitrogen and oxygen atoms in total. The predicted molar refractivity (Wildman–Crippen MR) is 66.6 cm³/mol. The lowest BCUT2D eigenvalue weighted by Crippen LogP contribution is -2.11. The van der Waals surface area contributed by atoms with E-state index in [0.717, 1.165) is 42.2 Å². The van der Waals surface area contributed by atoms with Gasteiger partial charge in [0.1, 0.15) is 0 Å². The zero-order chi connectivity index (χ0) is 11.7. The van der Waals surface area contributed by atoms with E-state index in [2.05, 4.69) is 18.1 Å². The Morgan fingerprint density at radius 1 is 1.62 bits per heavy atom. The van der Waals surface area contributed by atoms with Crippen molar-refractivity contribution in [3.05, 3.63) is 28.1 Å². The SMILES string of the molecule is CCn1nc(C)c(Cl)c1CC1=CC(N)CC1. The van der Waals surface area contributed by atoms with Crippen LogP contribution in [0.5, 0.6) is 0 Å². The van der Waals surface area contributed by atoms with Crippen molar-refractivity contribution < 1.29 is 0 Å². The van der Waals surface area contributed by atoms with Gasteiger partial charge in [-0.05, 0) is 26.7 Å². The fourth-order valence-electron chi connectivity index (χ4n) is 2.22. The van der Waals surface area contributed by atoms with Gasteiger partial charge < -0.3 is 5.73 Å². The summed E-state index contributed by atoms with van der Waals surface area (Å²) in [4.78, 5) is 0. The highest BCUT2D eigenvalue weighted by Gasteiger charge is 2.17. The minimum absolute atomic E-state index is 0.230. The lowest BCUT2D eigenvalue weighted by atomic mass is 10.1. The standard InChI is InChI=1S/C12H18ClN3/c1-3-16-11(12(13)8(2)15-16)7-9-4-5-10(14)6-9/h6,10H,3-5,7,14H2,1-2H3. The van der Waals surface area contributed by atoms with Crippen molar-refractivity contribution in [2.75, 3.05) is 0 Å². The van der Waals surface area contributed by atoms with E-state index in [-0.39, 0.29) is 6.04 Å². The topological polar surface area (TPSA) is 43.8 Å². The molecule has 4 heteroatoms. The zero-order valence-electron chi connectivity index (χ0n) is 9.83. The second kappa shape index (κ2) is 4.60. The Balaban J connectivity index is 2.23. The summed E-state index contributed by atoms with van der Waals surface area (Å²) in [6.07, 6.45) is 5.21. The Bertz CT molecular complexity index is 420. The lowest BCUT2D eigenvalue weighted by molar-refractivity contribution is 0.622. The number of aryl methyl sites for hydroxylation is 2.